The highest BCUT2D eigenvalue weighted by atomic mass is 16.3. The molecule has 6 atom stereocenters. The number of ketones is 1. The first kappa shape index (κ1) is 21.0. The number of aliphatic hydroxyl groups excluding tert-OH is 1. The van der Waals surface area contributed by atoms with Crippen LogP contribution in [-0.4, -0.2) is 31.1 Å². The lowest BCUT2D eigenvalue weighted by Crippen LogP contribution is -2.50. The van der Waals surface area contributed by atoms with Crippen LogP contribution >= 0.6 is 0 Å². The first-order valence-corrected chi connectivity index (χ1v) is 12.1. The summed E-state index contributed by atoms with van der Waals surface area (Å²) in [5.41, 5.74) is 4.86. The zero-order valence-electron chi connectivity index (χ0n) is 19.5. The van der Waals surface area contributed by atoms with Gasteiger partial charge in [0.15, 0.2) is 5.78 Å². The molecule has 3 fully saturated rings. The second-order valence-electron chi connectivity index (χ2n) is 11.3. The number of allylic oxidation sites excluding steroid dienone is 2. The Balaban J connectivity index is 1.44. The number of aliphatic hydroxyl groups is 1. The van der Waals surface area contributed by atoms with Crippen LogP contribution in [0.3, 0.4) is 0 Å². The summed E-state index contributed by atoms with van der Waals surface area (Å²) in [6.07, 6.45) is 11.5. The molecule has 1 N–H and O–H groups in total. The van der Waals surface area contributed by atoms with Gasteiger partial charge in [-0.05, 0) is 97.5 Å². The highest BCUT2D eigenvalue weighted by Gasteiger charge is 2.59. The van der Waals surface area contributed by atoms with Crippen molar-refractivity contribution in [3.8, 4) is 0 Å². The van der Waals surface area contributed by atoms with E-state index < -0.39 is 0 Å². The molecule has 0 heterocycles. The zero-order valence-corrected chi connectivity index (χ0v) is 19.5. The first-order valence-electron chi connectivity index (χ1n) is 12.1. The van der Waals surface area contributed by atoms with Gasteiger partial charge in [-0.2, -0.15) is 0 Å². The number of hydrogen-bond donors (Lipinski definition) is 1. The fourth-order valence-corrected chi connectivity index (χ4v) is 7.51. The quantitative estimate of drug-likeness (QED) is 0.498. The molecule has 0 saturated heterocycles. The largest absolute Gasteiger partial charge is 0.393 e. The van der Waals surface area contributed by atoms with Crippen molar-refractivity contribution in [2.75, 3.05) is 19.0 Å². The molecule has 0 bridgehead atoms. The Morgan fingerprint density at radius 2 is 1.71 bits per heavy atom. The average Bonchev–Trinajstić information content (AvgIpc) is 2.99. The van der Waals surface area contributed by atoms with Crippen molar-refractivity contribution in [3.05, 3.63) is 47.1 Å². The Morgan fingerprint density at radius 1 is 1.00 bits per heavy atom. The molecule has 3 saturated carbocycles. The van der Waals surface area contributed by atoms with Gasteiger partial charge >= 0.3 is 0 Å². The summed E-state index contributed by atoms with van der Waals surface area (Å²) in [7, 11) is 4.10. The molecular weight excluding hydrogens is 382 g/mol. The van der Waals surface area contributed by atoms with Crippen LogP contribution in [0.25, 0.3) is 6.08 Å². The van der Waals surface area contributed by atoms with Crippen molar-refractivity contribution in [1.29, 1.82) is 0 Å². The molecule has 3 nitrogen and oxygen atoms in total. The Morgan fingerprint density at radius 3 is 2.42 bits per heavy atom. The van der Waals surface area contributed by atoms with Gasteiger partial charge in [0.05, 0.1) is 6.10 Å². The smallest absolute Gasteiger partial charge is 0.165 e. The fraction of sp³-hybridized carbons (Fsp3) is 0.607. The lowest BCUT2D eigenvalue weighted by atomic mass is 9.48. The van der Waals surface area contributed by atoms with Crippen molar-refractivity contribution in [3.63, 3.8) is 0 Å². The number of hydrogen-bond acceptors (Lipinski definition) is 3. The standard InChI is InChI=1S/C28H37NO2/c1-27-13-11-22(30)17-20(27)7-10-23-24(27)12-14-28(2)25(23)16-19(26(28)31)15-18-5-8-21(9-6-18)29(3)4/h5-9,15,22-25,30H,10-14,16-17H2,1-4H3/b19-15-/t22-,23+,24-,25-,27-,28-/m0/s1. The summed E-state index contributed by atoms with van der Waals surface area (Å²) in [5, 5.41) is 10.2. The second-order valence-corrected chi connectivity index (χ2v) is 11.3. The van der Waals surface area contributed by atoms with Crippen LogP contribution in [0, 0.1) is 28.6 Å². The maximum Gasteiger partial charge on any atom is 0.165 e. The van der Waals surface area contributed by atoms with E-state index in [1.807, 2.05) is 14.1 Å². The summed E-state index contributed by atoms with van der Waals surface area (Å²) in [6.45, 7) is 4.70. The number of rotatable bonds is 2. The summed E-state index contributed by atoms with van der Waals surface area (Å²) < 4.78 is 0. The summed E-state index contributed by atoms with van der Waals surface area (Å²) >= 11 is 0. The van der Waals surface area contributed by atoms with Crippen LogP contribution in [0.1, 0.15) is 64.4 Å². The Hall–Kier alpha value is -1.87. The minimum atomic E-state index is -0.202. The molecule has 5 rings (SSSR count). The van der Waals surface area contributed by atoms with E-state index in [1.165, 1.54) is 11.3 Å². The molecule has 0 aromatic heterocycles. The van der Waals surface area contributed by atoms with Gasteiger partial charge in [-0.25, -0.2) is 0 Å². The third kappa shape index (κ3) is 3.23. The fourth-order valence-electron chi connectivity index (χ4n) is 7.51. The van der Waals surface area contributed by atoms with E-state index in [4.69, 9.17) is 0 Å². The molecule has 0 unspecified atom stereocenters. The molecule has 31 heavy (non-hydrogen) atoms. The number of fused-ring (bicyclic) bond motifs is 5. The normalized spacial score (nSPS) is 40.7. The lowest BCUT2D eigenvalue weighted by molar-refractivity contribution is -0.130. The summed E-state index contributed by atoms with van der Waals surface area (Å²) in [6, 6.07) is 8.52. The molecule has 4 aliphatic rings. The lowest BCUT2D eigenvalue weighted by Gasteiger charge is -2.56. The van der Waals surface area contributed by atoms with Crippen LogP contribution in [0.2, 0.25) is 0 Å². The van der Waals surface area contributed by atoms with Crippen molar-refractivity contribution in [2.24, 2.45) is 28.6 Å². The second kappa shape index (κ2) is 7.33. The molecule has 0 aliphatic heterocycles. The third-order valence-electron chi connectivity index (χ3n) is 9.47. The van der Waals surface area contributed by atoms with Crippen LogP contribution in [0.4, 0.5) is 5.69 Å². The number of carbonyl (C=O) groups excluding carboxylic acids is 1. The van der Waals surface area contributed by atoms with Gasteiger partial charge in [0, 0.05) is 25.2 Å². The molecule has 0 radical (unpaired) electrons. The first-order chi connectivity index (χ1) is 14.7. The number of carbonyl (C=O) groups is 1. The van der Waals surface area contributed by atoms with Crippen molar-refractivity contribution < 1.29 is 9.90 Å². The number of nitrogens with zero attached hydrogens (tertiary/aromatic N) is 1. The summed E-state index contributed by atoms with van der Waals surface area (Å²) in [5.74, 6) is 2.09. The van der Waals surface area contributed by atoms with Crippen molar-refractivity contribution >= 4 is 17.5 Å². The van der Waals surface area contributed by atoms with Gasteiger partial charge in [-0.1, -0.05) is 37.6 Å². The van der Waals surface area contributed by atoms with Gasteiger partial charge < -0.3 is 10.0 Å². The number of Topliss-reactive ketones (excluding diaryl/α,β-unsaturated/α-hetero) is 1. The van der Waals surface area contributed by atoms with Gasteiger partial charge in [0.1, 0.15) is 0 Å². The predicted molar refractivity (Wildman–Crippen MR) is 127 cm³/mol. The minimum absolute atomic E-state index is 0.161. The van der Waals surface area contributed by atoms with E-state index in [0.29, 0.717) is 23.5 Å². The molecule has 4 aliphatic carbocycles. The van der Waals surface area contributed by atoms with Crippen molar-refractivity contribution in [1.82, 2.24) is 0 Å². The Kier molecular flexibility index (Phi) is 4.97. The van der Waals surface area contributed by atoms with Crippen LogP contribution < -0.4 is 4.90 Å². The van der Waals surface area contributed by atoms with Gasteiger partial charge in [-0.15, -0.1) is 0 Å². The minimum Gasteiger partial charge on any atom is -0.393 e. The number of benzene rings is 1. The van der Waals surface area contributed by atoms with Crippen molar-refractivity contribution in [2.45, 2.75) is 64.9 Å². The molecular formula is C28H37NO2. The Labute approximate surface area is 187 Å². The van der Waals surface area contributed by atoms with Crippen LogP contribution in [0.5, 0.6) is 0 Å². The third-order valence-corrected chi connectivity index (χ3v) is 9.47. The van der Waals surface area contributed by atoms with E-state index in [9.17, 15) is 9.90 Å². The van der Waals surface area contributed by atoms with E-state index in [-0.39, 0.29) is 16.9 Å². The Bertz CT molecular complexity index is 942. The maximum atomic E-state index is 13.6. The van der Waals surface area contributed by atoms with E-state index in [0.717, 1.165) is 56.1 Å². The topological polar surface area (TPSA) is 40.5 Å². The summed E-state index contributed by atoms with van der Waals surface area (Å²) in [4.78, 5) is 15.7. The highest BCUT2D eigenvalue weighted by molar-refractivity contribution is 6.06. The van der Waals surface area contributed by atoms with Gasteiger partial charge in [-0.3, -0.25) is 4.79 Å². The van der Waals surface area contributed by atoms with E-state index >= 15 is 0 Å². The molecule has 0 amide bonds. The van der Waals surface area contributed by atoms with Crippen LogP contribution in [-0.2, 0) is 4.79 Å². The maximum absolute atomic E-state index is 13.6. The SMILES string of the molecule is CN(C)c1ccc(/C=C2/C[C@H]3[C@@H]4CC=C5C[C@@H](O)CC[C@]5(C)[C@H]4CC[C@]3(C)C2=O)cc1. The van der Waals surface area contributed by atoms with Gasteiger partial charge in [0.25, 0.3) is 0 Å². The molecule has 1 aromatic carbocycles. The molecule has 0 spiro atoms. The predicted octanol–water partition coefficient (Wildman–Crippen LogP) is 5.64. The molecule has 3 heteroatoms. The zero-order chi connectivity index (χ0) is 22.0. The van der Waals surface area contributed by atoms with E-state index in [2.05, 4.69) is 55.2 Å². The molecule has 166 valence electrons. The average molecular weight is 420 g/mol. The highest BCUT2D eigenvalue weighted by Crippen LogP contribution is 2.64. The van der Waals surface area contributed by atoms with E-state index in [1.54, 1.807) is 0 Å². The van der Waals surface area contributed by atoms with Gasteiger partial charge in [0.2, 0.25) is 0 Å². The van der Waals surface area contributed by atoms with Crippen LogP contribution in [0.15, 0.2) is 41.5 Å². The number of anilines is 1. The monoisotopic (exact) mass is 419 g/mol. The molecule has 1 aromatic rings.